The Kier molecular flexibility index (Phi) is 5.55. The third-order valence-electron chi connectivity index (χ3n) is 4.79. The van der Waals surface area contributed by atoms with E-state index in [4.69, 9.17) is 10.5 Å². The normalized spacial score (nSPS) is 12.8. The molecule has 0 aliphatic rings. The van der Waals surface area contributed by atoms with Crippen LogP contribution >= 0.6 is 0 Å². The lowest BCUT2D eigenvalue weighted by molar-refractivity contribution is -0.0451. The summed E-state index contributed by atoms with van der Waals surface area (Å²) in [7, 11) is 0. The molecule has 0 amide bonds. The van der Waals surface area contributed by atoms with E-state index in [9.17, 15) is 0 Å². The summed E-state index contributed by atoms with van der Waals surface area (Å²) in [6, 6.07) is 26.9. The van der Waals surface area contributed by atoms with E-state index in [0.717, 1.165) is 11.1 Å². The molecule has 0 radical (unpaired) electrons. The van der Waals surface area contributed by atoms with Crippen molar-refractivity contribution < 1.29 is 4.74 Å². The fourth-order valence-corrected chi connectivity index (χ4v) is 3.71. The summed E-state index contributed by atoms with van der Waals surface area (Å²) < 4.78 is 6.63. The summed E-state index contributed by atoms with van der Waals surface area (Å²) in [4.78, 5) is 0. The molecule has 0 heterocycles. The second kappa shape index (κ2) is 7.86. The van der Waals surface area contributed by atoms with Crippen molar-refractivity contribution in [3.8, 4) is 0 Å². The highest BCUT2D eigenvalue weighted by Gasteiger charge is 2.39. The molecule has 26 heavy (non-hydrogen) atoms. The third-order valence-corrected chi connectivity index (χ3v) is 4.79. The van der Waals surface area contributed by atoms with E-state index in [1.807, 2.05) is 43.3 Å². The number of rotatable bonds is 6. The highest BCUT2D eigenvalue weighted by molar-refractivity contribution is 5.38. The van der Waals surface area contributed by atoms with Gasteiger partial charge in [0, 0.05) is 6.04 Å². The number of benzene rings is 3. The number of hydrogen-bond acceptors (Lipinski definition) is 2. The van der Waals surface area contributed by atoms with Crippen molar-refractivity contribution in [1.29, 1.82) is 0 Å². The fourth-order valence-electron chi connectivity index (χ4n) is 3.71. The second-order valence-electron chi connectivity index (χ2n) is 7.04. The van der Waals surface area contributed by atoms with Crippen LogP contribution in [0.2, 0.25) is 0 Å². The molecule has 0 fully saturated rings. The van der Waals surface area contributed by atoms with Gasteiger partial charge in [0.1, 0.15) is 5.60 Å². The lowest BCUT2D eigenvalue weighted by Gasteiger charge is -2.38. The molecule has 2 nitrogen and oxygen atoms in total. The third kappa shape index (κ3) is 3.72. The van der Waals surface area contributed by atoms with E-state index >= 15 is 0 Å². The topological polar surface area (TPSA) is 35.2 Å². The standard InChI is InChI=1S/C24H27NO/c1-18-14-19(2)16-21(15-18)17-26-24(20(3)25,22-10-6-4-7-11-22)23-12-8-5-9-13-23/h4-16,20H,17,25H2,1-3H3. The Hall–Kier alpha value is -2.42. The second-order valence-corrected chi connectivity index (χ2v) is 7.04. The highest BCUT2D eigenvalue weighted by Crippen LogP contribution is 2.37. The maximum Gasteiger partial charge on any atom is 0.133 e. The highest BCUT2D eigenvalue weighted by atomic mass is 16.5. The SMILES string of the molecule is Cc1cc(C)cc(COC(c2ccccc2)(c2ccccc2)C(C)N)c1. The fraction of sp³-hybridized carbons (Fsp3) is 0.250. The smallest absolute Gasteiger partial charge is 0.133 e. The monoisotopic (exact) mass is 345 g/mol. The average Bonchev–Trinajstić information content (AvgIpc) is 2.63. The van der Waals surface area contributed by atoms with Gasteiger partial charge in [0.25, 0.3) is 0 Å². The molecule has 2 N–H and O–H groups in total. The summed E-state index contributed by atoms with van der Waals surface area (Å²) in [5.74, 6) is 0. The Morgan fingerprint density at radius 3 is 1.69 bits per heavy atom. The largest absolute Gasteiger partial charge is 0.359 e. The zero-order valence-electron chi connectivity index (χ0n) is 15.8. The van der Waals surface area contributed by atoms with Crippen LogP contribution in [0.5, 0.6) is 0 Å². The minimum atomic E-state index is -0.694. The van der Waals surface area contributed by atoms with Crippen molar-refractivity contribution in [1.82, 2.24) is 0 Å². The number of hydrogen-bond donors (Lipinski definition) is 1. The first kappa shape index (κ1) is 18.4. The molecular weight excluding hydrogens is 318 g/mol. The van der Waals surface area contributed by atoms with Crippen LogP contribution in [0.4, 0.5) is 0 Å². The summed E-state index contributed by atoms with van der Waals surface area (Å²) in [6.07, 6.45) is 0. The van der Waals surface area contributed by atoms with Crippen LogP contribution < -0.4 is 5.73 Å². The maximum atomic E-state index is 6.63. The molecule has 0 bridgehead atoms. The zero-order chi connectivity index (χ0) is 18.6. The molecule has 1 atom stereocenters. The van der Waals surface area contributed by atoms with E-state index in [1.54, 1.807) is 0 Å². The first-order valence-electron chi connectivity index (χ1n) is 9.10. The first-order chi connectivity index (χ1) is 12.5. The van der Waals surface area contributed by atoms with Gasteiger partial charge in [-0.1, -0.05) is 90.0 Å². The van der Waals surface area contributed by atoms with Crippen LogP contribution in [0.25, 0.3) is 0 Å². The van der Waals surface area contributed by atoms with Crippen LogP contribution in [0.3, 0.4) is 0 Å². The van der Waals surface area contributed by atoms with Gasteiger partial charge in [-0.25, -0.2) is 0 Å². The molecule has 0 saturated carbocycles. The number of ether oxygens (including phenoxy) is 1. The van der Waals surface area contributed by atoms with Gasteiger partial charge < -0.3 is 10.5 Å². The molecule has 0 aliphatic carbocycles. The molecule has 0 aromatic heterocycles. The van der Waals surface area contributed by atoms with Crippen molar-refractivity contribution in [3.05, 3.63) is 107 Å². The summed E-state index contributed by atoms with van der Waals surface area (Å²) in [5, 5.41) is 0. The van der Waals surface area contributed by atoms with Crippen molar-refractivity contribution in [2.45, 2.75) is 39.0 Å². The Bertz CT molecular complexity index is 781. The first-order valence-corrected chi connectivity index (χ1v) is 9.10. The van der Waals surface area contributed by atoms with Crippen LogP contribution in [0, 0.1) is 13.8 Å². The minimum Gasteiger partial charge on any atom is -0.359 e. The van der Waals surface area contributed by atoms with E-state index in [0.29, 0.717) is 6.61 Å². The lowest BCUT2D eigenvalue weighted by Crippen LogP contribution is -2.46. The minimum absolute atomic E-state index is 0.210. The van der Waals surface area contributed by atoms with E-state index in [2.05, 4.69) is 56.3 Å². The van der Waals surface area contributed by atoms with Gasteiger partial charge in [-0.05, 0) is 37.5 Å². The number of aryl methyl sites for hydroxylation is 2. The molecule has 3 aromatic rings. The molecule has 2 heteroatoms. The van der Waals surface area contributed by atoms with Crippen LogP contribution in [-0.2, 0) is 16.9 Å². The van der Waals surface area contributed by atoms with E-state index in [-0.39, 0.29) is 6.04 Å². The Morgan fingerprint density at radius 1 is 0.808 bits per heavy atom. The maximum absolute atomic E-state index is 6.63. The molecule has 134 valence electrons. The predicted octanol–water partition coefficient (Wildman–Crippen LogP) is 5.11. The summed E-state index contributed by atoms with van der Waals surface area (Å²) in [5.41, 5.74) is 11.6. The van der Waals surface area contributed by atoms with Gasteiger partial charge in [0.05, 0.1) is 6.61 Å². The summed E-state index contributed by atoms with van der Waals surface area (Å²) in [6.45, 7) is 6.75. The molecule has 1 unspecified atom stereocenters. The Morgan fingerprint density at radius 2 is 1.27 bits per heavy atom. The van der Waals surface area contributed by atoms with Gasteiger partial charge in [0.15, 0.2) is 0 Å². The van der Waals surface area contributed by atoms with Gasteiger partial charge in [0.2, 0.25) is 0 Å². The Balaban J connectivity index is 2.05. The molecular formula is C24H27NO. The van der Waals surface area contributed by atoms with Gasteiger partial charge in [-0.3, -0.25) is 0 Å². The van der Waals surface area contributed by atoms with E-state index < -0.39 is 5.60 Å². The molecule has 3 rings (SSSR count). The zero-order valence-corrected chi connectivity index (χ0v) is 15.8. The van der Waals surface area contributed by atoms with Crippen LogP contribution in [0.1, 0.15) is 34.7 Å². The molecule has 3 aromatic carbocycles. The van der Waals surface area contributed by atoms with Crippen molar-refractivity contribution in [3.63, 3.8) is 0 Å². The van der Waals surface area contributed by atoms with Crippen molar-refractivity contribution in [2.24, 2.45) is 5.73 Å². The Labute approximate surface area is 156 Å². The predicted molar refractivity (Wildman–Crippen MR) is 108 cm³/mol. The van der Waals surface area contributed by atoms with Crippen molar-refractivity contribution in [2.75, 3.05) is 0 Å². The van der Waals surface area contributed by atoms with Crippen molar-refractivity contribution >= 4 is 0 Å². The van der Waals surface area contributed by atoms with E-state index in [1.165, 1.54) is 16.7 Å². The van der Waals surface area contributed by atoms with Gasteiger partial charge >= 0.3 is 0 Å². The lowest BCUT2D eigenvalue weighted by atomic mass is 9.81. The average molecular weight is 345 g/mol. The molecule has 0 saturated heterocycles. The molecule has 0 spiro atoms. The van der Waals surface area contributed by atoms with Gasteiger partial charge in [-0.15, -0.1) is 0 Å². The van der Waals surface area contributed by atoms with Gasteiger partial charge in [-0.2, -0.15) is 0 Å². The molecule has 0 aliphatic heterocycles. The summed E-state index contributed by atoms with van der Waals surface area (Å²) >= 11 is 0. The van der Waals surface area contributed by atoms with Crippen LogP contribution in [0.15, 0.2) is 78.9 Å². The van der Waals surface area contributed by atoms with Crippen LogP contribution in [-0.4, -0.2) is 6.04 Å². The quantitative estimate of drug-likeness (QED) is 0.674. The number of nitrogens with two attached hydrogens (primary N) is 1.